The lowest BCUT2D eigenvalue weighted by Gasteiger charge is -2.19. The predicted molar refractivity (Wildman–Crippen MR) is 83.2 cm³/mol. The summed E-state index contributed by atoms with van der Waals surface area (Å²) in [6.07, 6.45) is 1.74. The Kier molecular flexibility index (Phi) is 3.06. The third-order valence-electron chi connectivity index (χ3n) is 3.45. The molecule has 0 aliphatic rings. The Labute approximate surface area is 123 Å². The number of furan rings is 1. The van der Waals surface area contributed by atoms with E-state index >= 15 is 0 Å². The van der Waals surface area contributed by atoms with Gasteiger partial charge in [-0.2, -0.15) is 0 Å². The molecule has 3 aromatic rings. The molecule has 0 saturated heterocycles. The first-order valence-corrected chi connectivity index (χ1v) is 6.97. The first-order chi connectivity index (χ1) is 9.45. The van der Waals surface area contributed by atoms with Crippen LogP contribution in [0.15, 0.2) is 47.1 Å². The number of pyridine rings is 1. The van der Waals surface area contributed by atoms with Crippen LogP contribution < -0.4 is 0 Å². The molecule has 0 aliphatic carbocycles. The summed E-state index contributed by atoms with van der Waals surface area (Å²) in [5.41, 5.74) is 5.08. The Morgan fingerprint density at radius 1 is 1.00 bits per heavy atom. The molecule has 0 N–H and O–H groups in total. The SMILES string of the molecule is CC(C)(C)c1ccc(-c2coc3ccc(Cl)nc23)cc1. The van der Waals surface area contributed by atoms with Crippen LogP contribution >= 0.6 is 11.6 Å². The molecule has 2 nitrogen and oxygen atoms in total. The van der Waals surface area contributed by atoms with Crippen molar-refractivity contribution in [1.29, 1.82) is 0 Å². The van der Waals surface area contributed by atoms with Crippen molar-refractivity contribution in [3.63, 3.8) is 0 Å². The molecular weight excluding hydrogens is 270 g/mol. The number of hydrogen-bond acceptors (Lipinski definition) is 2. The zero-order valence-electron chi connectivity index (χ0n) is 11.8. The molecule has 0 radical (unpaired) electrons. The van der Waals surface area contributed by atoms with Crippen LogP contribution in [0, 0.1) is 0 Å². The lowest BCUT2D eigenvalue weighted by Crippen LogP contribution is -2.10. The highest BCUT2D eigenvalue weighted by Crippen LogP contribution is 2.31. The molecule has 2 heterocycles. The van der Waals surface area contributed by atoms with Gasteiger partial charge >= 0.3 is 0 Å². The molecule has 0 amide bonds. The van der Waals surface area contributed by atoms with Gasteiger partial charge in [0, 0.05) is 5.56 Å². The molecule has 20 heavy (non-hydrogen) atoms. The Bertz CT molecular complexity index is 751. The average Bonchev–Trinajstić information content (AvgIpc) is 2.81. The Morgan fingerprint density at radius 2 is 1.70 bits per heavy atom. The second-order valence-electron chi connectivity index (χ2n) is 5.96. The van der Waals surface area contributed by atoms with E-state index in [0.717, 1.165) is 22.2 Å². The Balaban J connectivity index is 2.09. The third-order valence-corrected chi connectivity index (χ3v) is 3.66. The number of benzene rings is 1. The van der Waals surface area contributed by atoms with Gasteiger partial charge in [-0.3, -0.25) is 0 Å². The predicted octanol–water partition coefficient (Wildman–Crippen LogP) is 5.45. The van der Waals surface area contributed by atoms with E-state index in [-0.39, 0.29) is 5.41 Å². The first-order valence-electron chi connectivity index (χ1n) is 6.60. The fourth-order valence-electron chi connectivity index (χ4n) is 2.24. The van der Waals surface area contributed by atoms with Crippen molar-refractivity contribution in [2.24, 2.45) is 0 Å². The van der Waals surface area contributed by atoms with Crippen molar-refractivity contribution in [2.45, 2.75) is 26.2 Å². The van der Waals surface area contributed by atoms with Gasteiger partial charge in [0.15, 0.2) is 5.58 Å². The fourth-order valence-corrected chi connectivity index (χ4v) is 2.39. The molecule has 3 heteroatoms. The number of fused-ring (bicyclic) bond motifs is 1. The van der Waals surface area contributed by atoms with E-state index in [1.807, 2.05) is 6.07 Å². The van der Waals surface area contributed by atoms with E-state index in [4.69, 9.17) is 16.0 Å². The molecule has 0 spiro atoms. The molecule has 0 unspecified atom stereocenters. The number of hydrogen-bond donors (Lipinski definition) is 0. The van der Waals surface area contributed by atoms with Crippen LogP contribution in [0.1, 0.15) is 26.3 Å². The number of aromatic nitrogens is 1. The molecule has 3 rings (SSSR count). The maximum atomic E-state index is 5.97. The first kappa shape index (κ1) is 13.2. The molecule has 0 saturated carbocycles. The molecule has 0 aliphatic heterocycles. The molecular formula is C17H16ClNO. The van der Waals surface area contributed by atoms with Crippen LogP contribution in [0.25, 0.3) is 22.2 Å². The monoisotopic (exact) mass is 285 g/mol. The molecule has 2 aromatic heterocycles. The van der Waals surface area contributed by atoms with Gasteiger partial charge in [0.1, 0.15) is 16.9 Å². The van der Waals surface area contributed by atoms with Crippen LogP contribution in [0.2, 0.25) is 5.15 Å². The van der Waals surface area contributed by atoms with Crippen molar-refractivity contribution < 1.29 is 4.42 Å². The van der Waals surface area contributed by atoms with Gasteiger partial charge in [0.25, 0.3) is 0 Å². The highest BCUT2D eigenvalue weighted by atomic mass is 35.5. The Morgan fingerprint density at radius 3 is 2.35 bits per heavy atom. The third kappa shape index (κ3) is 2.32. The molecule has 102 valence electrons. The highest BCUT2D eigenvalue weighted by molar-refractivity contribution is 6.29. The summed E-state index contributed by atoms with van der Waals surface area (Å²) >= 11 is 5.97. The minimum atomic E-state index is 0.151. The minimum Gasteiger partial charge on any atom is -0.462 e. The lowest BCUT2D eigenvalue weighted by atomic mass is 9.86. The second kappa shape index (κ2) is 4.64. The molecule has 0 bridgehead atoms. The maximum Gasteiger partial charge on any atom is 0.153 e. The lowest BCUT2D eigenvalue weighted by molar-refractivity contribution is 0.590. The van der Waals surface area contributed by atoms with Gasteiger partial charge < -0.3 is 4.42 Å². The summed E-state index contributed by atoms with van der Waals surface area (Å²) in [6.45, 7) is 6.61. The Hall–Kier alpha value is -1.80. The summed E-state index contributed by atoms with van der Waals surface area (Å²) in [7, 11) is 0. The van der Waals surface area contributed by atoms with E-state index in [1.54, 1.807) is 12.3 Å². The maximum absolute atomic E-state index is 5.97. The van der Waals surface area contributed by atoms with Crippen molar-refractivity contribution >= 4 is 22.7 Å². The fraction of sp³-hybridized carbons (Fsp3) is 0.235. The summed E-state index contributed by atoms with van der Waals surface area (Å²) in [6, 6.07) is 12.1. The van der Waals surface area contributed by atoms with Gasteiger partial charge in [-0.25, -0.2) is 4.98 Å². The van der Waals surface area contributed by atoms with E-state index < -0.39 is 0 Å². The van der Waals surface area contributed by atoms with Gasteiger partial charge in [-0.15, -0.1) is 0 Å². The average molecular weight is 286 g/mol. The van der Waals surface area contributed by atoms with Crippen LogP contribution in [-0.2, 0) is 5.41 Å². The van der Waals surface area contributed by atoms with E-state index in [0.29, 0.717) is 5.15 Å². The molecule has 0 atom stereocenters. The largest absolute Gasteiger partial charge is 0.462 e. The van der Waals surface area contributed by atoms with Crippen LogP contribution in [-0.4, -0.2) is 4.98 Å². The quantitative estimate of drug-likeness (QED) is 0.556. The minimum absolute atomic E-state index is 0.151. The highest BCUT2D eigenvalue weighted by Gasteiger charge is 2.15. The summed E-state index contributed by atoms with van der Waals surface area (Å²) < 4.78 is 5.53. The van der Waals surface area contributed by atoms with Gasteiger partial charge in [0.05, 0.1) is 0 Å². The topological polar surface area (TPSA) is 26.0 Å². The van der Waals surface area contributed by atoms with E-state index in [1.165, 1.54) is 5.56 Å². The molecule has 0 fully saturated rings. The zero-order valence-corrected chi connectivity index (χ0v) is 12.5. The van der Waals surface area contributed by atoms with Crippen molar-refractivity contribution in [2.75, 3.05) is 0 Å². The van der Waals surface area contributed by atoms with Gasteiger partial charge in [-0.1, -0.05) is 56.6 Å². The van der Waals surface area contributed by atoms with Gasteiger partial charge in [-0.05, 0) is 28.7 Å². The van der Waals surface area contributed by atoms with Crippen molar-refractivity contribution in [3.8, 4) is 11.1 Å². The van der Waals surface area contributed by atoms with Crippen LogP contribution in [0.4, 0.5) is 0 Å². The van der Waals surface area contributed by atoms with Crippen molar-refractivity contribution in [3.05, 3.63) is 53.4 Å². The number of nitrogens with zero attached hydrogens (tertiary/aromatic N) is 1. The smallest absolute Gasteiger partial charge is 0.153 e. The van der Waals surface area contributed by atoms with Crippen LogP contribution in [0.5, 0.6) is 0 Å². The standard InChI is InChI=1S/C17H16ClNO/c1-17(2,3)12-6-4-11(5-7-12)13-10-20-14-8-9-15(18)19-16(13)14/h4-10H,1-3H3. The zero-order chi connectivity index (χ0) is 14.3. The number of halogens is 1. The van der Waals surface area contributed by atoms with Crippen molar-refractivity contribution in [1.82, 2.24) is 4.98 Å². The van der Waals surface area contributed by atoms with E-state index in [2.05, 4.69) is 50.0 Å². The normalized spacial score (nSPS) is 12.0. The van der Waals surface area contributed by atoms with Gasteiger partial charge in [0.2, 0.25) is 0 Å². The van der Waals surface area contributed by atoms with E-state index in [9.17, 15) is 0 Å². The molecule has 1 aromatic carbocycles. The van der Waals surface area contributed by atoms with Crippen LogP contribution in [0.3, 0.4) is 0 Å². The summed E-state index contributed by atoms with van der Waals surface area (Å²) in [5.74, 6) is 0. The summed E-state index contributed by atoms with van der Waals surface area (Å²) in [5, 5.41) is 0.478. The second-order valence-corrected chi connectivity index (χ2v) is 6.34. The summed E-state index contributed by atoms with van der Waals surface area (Å²) in [4.78, 5) is 4.35. The number of rotatable bonds is 1.